The minimum atomic E-state index is -0.412. The topological polar surface area (TPSA) is 42.3 Å². The lowest BCUT2D eigenvalue weighted by Crippen LogP contribution is -2.24. The van der Waals surface area contributed by atoms with Crippen LogP contribution in [0.2, 0.25) is 15.1 Å². The zero-order chi connectivity index (χ0) is 17.1. The molecule has 0 saturated heterocycles. The Labute approximate surface area is 148 Å². The van der Waals surface area contributed by atoms with E-state index in [1.807, 2.05) is 0 Å². The summed E-state index contributed by atoms with van der Waals surface area (Å²) < 4.78 is 1.19. The fourth-order valence-corrected chi connectivity index (χ4v) is 2.59. The molecule has 2 aromatic rings. The summed E-state index contributed by atoms with van der Waals surface area (Å²) in [5.41, 5.74) is 0.00343. The zero-order valence-electron chi connectivity index (χ0n) is 12.4. The van der Waals surface area contributed by atoms with Crippen molar-refractivity contribution in [3.8, 4) is 0 Å². The van der Waals surface area contributed by atoms with Crippen molar-refractivity contribution in [1.82, 2.24) is 9.47 Å². The molecule has 0 fully saturated rings. The molecule has 0 N–H and O–H groups in total. The molecule has 1 aromatic carbocycles. The van der Waals surface area contributed by atoms with E-state index < -0.39 is 5.78 Å². The van der Waals surface area contributed by atoms with Gasteiger partial charge < -0.3 is 4.90 Å². The van der Waals surface area contributed by atoms with Crippen LogP contribution in [0.3, 0.4) is 0 Å². The highest BCUT2D eigenvalue weighted by Crippen LogP contribution is 2.24. The standard InChI is InChI=1S/C16H13Cl3N2O2/c1-20(2)9-14(21-8-11(18)4-6-15(21)22)16(23)12-5-3-10(17)7-13(12)19/h3-9H,1-2H3/b14-9+. The molecule has 4 nitrogen and oxygen atoms in total. The first-order chi connectivity index (χ1) is 10.8. The van der Waals surface area contributed by atoms with Gasteiger partial charge in [-0.15, -0.1) is 0 Å². The van der Waals surface area contributed by atoms with Crippen LogP contribution in [0.25, 0.3) is 5.70 Å². The van der Waals surface area contributed by atoms with Crippen molar-refractivity contribution in [3.05, 3.63) is 73.7 Å². The van der Waals surface area contributed by atoms with E-state index in [-0.39, 0.29) is 21.8 Å². The number of nitrogens with zero attached hydrogens (tertiary/aromatic N) is 2. The van der Waals surface area contributed by atoms with E-state index in [9.17, 15) is 9.59 Å². The monoisotopic (exact) mass is 370 g/mol. The Kier molecular flexibility index (Phi) is 5.52. The van der Waals surface area contributed by atoms with Crippen molar-refractivity contribution in [2.24, 2.45) is 0 Å². The summed E-state index contributed by atoms with van der Waals surface area (Å²) in [5.74, 6) is -0.412. The molecule has 23 heavy (non-hydrogen) atoms. The molecule has 2 rings (SSSR count). The quantitative estimate of drug-likeness (QED) is 0.601. The molecule has 7 heteroatoms. The number of hydrogen-bond acceptors (Lipinski definition) is 3. The van der Waals surface area contributed by atoms with Gasteiger partial charge in [0.2, 0.25) is 5.78 Å². The van der Waals surface area contributed by atoms with E-state index in [1.165, 1.54) is 41.2 Å². The first-order valence-corrected chi connectivity index (χ1v) is 7.69. The Morgan fingerprint density at radius 3 is 2.35 bits per heavy atom. The van der Waals surface area contributed by atoms with Gasteiger partial charge in [0.25, 0.3) is 5.56 Å². The van der Waals surface area contributed by atoms with E-state index in [0.717, 1.165) is 0 Å². The number of pyridine rings is 1. The van der Waals surface area contributed by atoms with Crippen LogP contribution in [-0.2, 0) is 0 Å². The second kappa shape index (κ2) is 7.21. The van der Waals surface area contributed by atoms with E-state index >= 15 is 0 Å². The fourth-order valence-electron chi connectivity index (χ4n) is 1.94. The van der Waals surface area contributed by atoms with Gasteiger partial charge in [-0.05, 0) is 24.3 Å². The lowest BCUT2D eigenvalue weighted by molar-refractivity contribution is 0.105. The molecule has 1 aromatic heterocycles. The molecule has 0 amide bonds. The average molecular weight is 372 g/mol. The van der Waals surface area contributed by atoms with E-state index in [4.69, 9.17) is 34.8 Å². The van der Waals surface area contributed by atoms with Crippen LogP contribution >= 0.6 is 34.8 Å². The van der Waals surface area contributed by atoms with Gasteiger partial charge in [-0.2, -0.15) is 0 Å². The fraction of sp³-hybridized carbons (Fsp3) is 0.125. The van der Waals surface area contributed by atoms with E-state index in [1.54, 1.807) is 25.1 Å². The number of halogens is 3. The first kappa shape index (κ1) is 17.6. The van der Waals surface area contributed by atoms with Crippen LogP contribution in [0.1, 0.15) is 10.4 Å². The van der Waals surface area contributed by atoms with Crippen LogP contribution in [0.5, 0.6) is 0 Å². The molecular weight excluding hydrogens is 359 g/mol. The Morgan fingerprint density at radius 2 is 1.74 bits per heavy atom. The van der Waals surface area contributed by atoms with Gasteiger partial charge in [-0.25, -0.2) is 0 Å². The summed E-state index contributed by atoms with van der Waals surface area (Å²) in [6, 6.07) is 7.32. The highest BCUT2D eigenvalue weighted by Gasteiger charge is 2.19. The molecule has 0 aliphatic heterocycles. The van der Waals surface area contributed by atoms with Crippen LogP contribution in [0.15, 0.2) is 47.5 Å². The van der Waals surface area contributed by atoms with Gasteiger partial charge in [0, 0.05) is 43.1 Å². The van der Waals surface area contributed by atoms with Crippen molar-refractivity contribution >= 4 is 46.3 Å². The highest BCUT2D eigenvalue weighted by atomic mass is 35.5. The maximum atomic E-state index is 12.9. The Bertz CT molecular complexity index is 841. The van der Waals surface area contributed by atoms with Gasteiger partial charge in [0.15, 0.2) is 0 Å². The normalized spacial score (nSPS) is 11.4. The van der Waals surface area contributed by atoms with Crippen LogP contribution in [-0.4, -0.2) is 29.3 Å². The molecule has 0 aliphatic carbocycles. The second-order valence-electron chi connectivity index (χ2n) is 4.99. The molecule has 0 spiro atoms. The van der Waals surface area contributed by atoms with Crippen molar-refractivity contribution in [2.45, 2.75) is 0 Å². The summed E-state index contributed by atoms with van der Waals surface area (Å²) in [4.78, 5) is 26.6. The number of Topliss-reactive ketones (excluding diaryl/α,β-unsaturated/α-hetero) is 1. The molecule has 0 bridgehead atoms. The number of allylic oxidation sites excluding steroid dienone is 1. The van der Waals surface area contributed by atoms with Crippen LogP contribution in [0.4, 0.5) is 0 Å². The minimum absolute atomic E-state index is 0.131. The molecule has 0 saturated carbocycles. The molecule has 0 aliphatic rings. The summed E-state index contributed by atoms with van der Waals surface area (Å²) in [5, 5.41) is 0.969. The third-order valence-electron chi connectivity index (χ3n) is 2.92. The third kappa shape index (κ3) is 4.16. The van der Waals surface area contributed by atoms with Gasteiger partial charge >= 0.3 is 0 Å². The van der Waals surface area contributed by atoms with Crippen molar-refractivity contribution < 1.29 is 4.79 Å². The Morgan fingerprint density at radius 1 is 1.09 bits per heavy atom. The lowest BCUT2D eigenvalue weighted by atomic mass is 10.1. The molecule has 0 atom stereocenters. The first-order valence-electron chi connectivity index (χ1n) is 6.56. The largest absolute Gasteiger partial charge is 0.382 e. The van der Waals surface area contributed by atoms with Crippen molar-refractivity contribution in [3.63, 3.8) is 0 Å². The summed E-state index contributed by atoms with van der Waals surface area (Å²) in [7, 11) is 3.48. The molecule has 1 heterocycles. The Hall–Kier alpha value is -1.75. The molecular formula is C16H13Cl3N2O2. The average Bonchev–Trinajstić information content (AvgIpc) is 2.46. The third-order valence-corrected chi connectivity index (χ3v) is 3.69. The number of carbonyl (C=O) groups excluding carboxylic acids is 1. The summed E-state index contributed by atoms with van der Waals surface area (Å²) in [6.45, 7) is 0. The molecule has 120 valence electrons. The van der Waals surface area contributed by atoms with Gasteiger partial charge in [-0.1, -0.05) is 34.8 Å². The number of carbonyl (C=O) groups is 1. The second-order valence-corrected chi connectivity index (χ2v) is 6.27. The van der Waals surface area contributed by atoms with Gasteiger partial charge in [0.1, 0.15) is 5.70 Å². The van der Waals surface area contributed by atoms with Crippen LogP contribution < -0.4 is 5.56 Å². The Balaban J connectivity index is 2.62. The predicted octanol–water partition coefficient (Wildman–Crippen LogP) is 4.05. The zero-order valence-corrected chi connectivity index (χ0v) is 14.7. The SMILES string of the molecule is CN(C)/C=C(\C(=O)c1ccc(Cl)cc1Cl)n1cc(Cl)ccc1=O. The lowest BCUT2D eigenvalue weighted by Gasteiger charge is -2.14. The maximum absolute atomic E-state index is 12.9. The smallest absolute Gasteiger partial charge is 0.255 e. The van der Waals surface area contributed by atoms with Crippen LogP contribution in [0, 0.1) is 0 Å². The number of benzene rings is 1. The van der Waals surface area contributed by atoms with E-state index in [0.29, 0.717) is 10.0 Å². The maximum Gasteiger partial charge on any atom is 0.255 e. The van der Waals surface area contributed by atoms with Gasteiger partial charge in [0.05, 0.1) is 10.0 Å². The predicted molar refractivity (Wildman–Crippen MR) is 94.5 cm³/mol. The number of hydrogen-bond donors (Lipinski definition) is 0. The number of rotatable bonds is 4. The molecule has 0 unspecified atom stereocenters. The van der Waals surface area contributed by atoms with E-state index in [2.05, 4.69) is 0 Å². The summed E-state index contributed by atoms with van der Waals surface area (Å²) in [6.07, 6.45) is 2.92. The summed E-state index contributed by atoms with van der Waals surface area (Å²) >= 11 is 17.9. The number of ketones is 1. The molecule has 0 radical (unpaired) electrons. The van der Waals surface area contributed by atoms with Crippen molar-refractivity contribution in [1.29, 1.82) is 0 Å². The minimum Gasteiger partial charge on any atom is -0.382 e. The number of aromatic nitrogens is 1. The van der Waals surface area contributed by atoms with Gasteiger partial charge in [-0.3, -0.25) is 14.2 Å². The highest BCUT2D eigenvalue weighted by molar-refractivity contribution is 6.39. The van der Waals surface area contributed by atoms with Crippen molar-refractivity contribution in [2.75, 3.05) is 14.1 Å².